The molecule has 2 aromatic carbocycles. The summed E-state index contributed by atoms with van der Waals surface area (Å²) >= 11 is 0. The van der Waals surface area contributed by atoms with Crippen LogP contribution in [0, 0.1) is 0 Å². The van der Waals surface area contributed by atoms with Crippen molar-refractivity contribution in [1.82, 2.24) is 4.98 Å². The molecule has 0 aliphatic heterocycles. The van der Waals surface area contributed by atoms with E-state index < -0.39 is 0 Å². The van der Waals surface area contributed by atoms with Crippen molar-refractivity contribution in [2.75, 3.05) is 11.1 Å². The van der Waals surface area contributed by atoms with Gasteiger partial charge < -0.3 is 16.0 Å². The smallest absolute Gasteiger partial charge is 0.0617 e. The van der Waals surface area contributed by atoms with Gasteiger partial charge in [-0.25, -0.2) is 0 Å². The summed E-state index contributed by atoms with van der Waals surface area (Å²) in [4.78, 5) is 3.19. The highest BCUT2D eigenvalue weighted by Crippen LogP contribution is 2.24. The summed E-state index contributed by atoms with van der Waals surface area (Å²) in [5.41, 5.74) is 9.71. The molecule has 0 fully saturated rings. The molecule has 1 aromatic heterocycles. The van der Waals surface area contributed by atoms with Crippen molar-refractivity contribution in [1.29, 1.82) is 0 Å². The summed E-state index contributed by atoms with van der Waals surface area (Å²) in [6.07, 6.45) is 1.94. The number of aromatic nitrogens is 1. The summed E-state index contributed by atoms with van der Waals surface area (Å²) in [6.45, 7) is 0. The van der Waals surface area contributed by atoms with Crippen molar-refractivity contribution in [3.05, 3.63) is 54.7 Å². The minimum Gasteiger partial charge on any atom is -0.397 e. The maximum Gasteiger partial charge on any atom is 0.0617 e. The number of para-hydroxylation sites is 2. The van der Waals surface area contributed by atoms with E-state index in [0.29, 0.717) is 0 Å². The van der Waals surface area contributed by atoms with Gasteiger partial charge in [-0.3, -0.25) is 0 Å². The van der Waals surface area contributed by atoms with Crippen molar-refractivity contribution >= 4 is 28.0 Å². The Labute approximate surface area is 99.3 Å². The van der Waals surface area contributed by atoms with E-state index in [2.05, 4.69) is 28.5 Å². The molecule has 1 heterocycles. The van der Waals surface area contributed by atoms with Crippen LogP contribution in [0.25, 0.3) is 10.9 Å². The zero-order chi connectivity index (χ0) is 11.7. The maximum atomic E-state index is 5.89. The number of rotatable bonds is 2. The predicted molar refractivity (Wildman–Crippen MR) is 72.4 cm³/mol. The second-order valence-electron chi connectivity index (χ2n) is 3.99. The highest BCUT2D eigenvalue weighted by atomic mass is 14.9. The first-order valence-corrected chi connectivity index (χ1v) is 5.51. The van der Waals surface area contributed by atoms with Gasteiger partial charge in [-0.05, 0) is 35.7 Å². The standard InChI is InChI=1S/C14H13N3/c15-12-3-1-2-4-13(12)17-11-6-5-10-7-8-16-14(10)9-11/h1-9,16-17H,15H2. The van der Waals surface area contributed by atoms with E-state index in [9.17, 15) is 0 Å². The van der Waals surface area contributed by atoms with Gasteiger partial charge >= 0.3 is 0 Å². The second kappa shape index (κ2) is 3.87. The number of benzene rings is 2. The van der Waals surface area contributed by atoms with E-state index in [1.807, 2.05) is 36.5 Å². The zero-order valence-electron chi connectivity index (χ0n) is 9.27. The Morgan fingerprint density at radius 1 is 1.00 bits per heavy atom. The quantitative estimate of drug-likeness (QED) is 0.582. The Morgan fingerprint density at radius 2 is 1.88 bits per heavy atom. The van der Waals surface area contributed by atoms with Gasteiger partial charge in [0.25, 0.3) is 0 Å². The summed E-state index contributed by atoms with van der Waals surface area (Å²) in [6, 6.07) is 16.0. The molecule has 0 aliphatic rings. The number of fused-ring (bicyclic) bond motifs is 1. The Morgan fingerprint density at radius 3 is 2.76 bits per heavy atom. The number of nitrogens with one attached hydrogen (secondary N) is 2. The van der Waals surface area contributed by atoms with Crippen LogP contribution in [0.15, 0.2) is 54.7 Å². The van der Waals surface area contributed by atoms with Gasteiger partial charge in [-0.15, -0.1) is 0 Å². The number of hydrogen-bond donors (Lipinski definition) is 3. The highest BCUT2D eigenvalue weighted by molar-refractivity contribution is 5.84. The Kier molecular flexibility index (Phi) is 2.22. The lowest BCUT2D eigenvalue weighted by Crippen LogP contribution is -1.95. The van der Waals surface area contributed by atoms with Crippen LogP contribution in [0.1, 0.15) is 0 Å². The van der Waals surface area contributed by atoms with Crippen molar-refractivity contribution in [2.24, 2.45) is 0 Å². The fourth-order valence-electron chi connectivity index (χ4n) is 1.89. The van der Waals surface area contributed by atoms with Gasteiger partial charge in [0.05, 0.1) is 11.4 Å². The van der Waals surface area contributed by atoms with Gasteiger partial charge in [-0.1, -0.05) is 18.2 Å². The van der Waals surface area contributed by atoms with Crippen LogP contribution in [-0.4, -0.2) is 4.98 Å². The third kappa shape index (κ3) is 1.83. The van der Waals surface area contributed by atoms with Crippen molar-refractivity contribution in [2.45, 2.75) is 0 Å². The van der Waals surface area contributed by atoms with Gasteiger partial charge in [0, 0.05) is 17.4 Å². The van der Waals surface area contributed by atoms with Gasteiger partial charge in [-0.2, -0.15) is 0 Å². The number of nitrogens with two attached hydrogens (primary N) is 1. The SMILES string of the molecule is Nc1ccccc1Nc1ccc2cc[nH]c2c1. The van der Waals surface area contributed by atoms with Crippen molar-refractivity contribution in [3.8, 4) is 0 Å². The minimum atomic E-state index is 0.749. The molecule has 0 atom stereocenters. The fourth-order valence-corrected chi connectivity index (χ4v) is 1.89. The molecule has 3 rings (SSSR count). The first-order valence-electron chi connectivity index (χ1n) is 5.51. The van der Waals surface area contributed by atoms with Crippen LogP contribution in [0.4, 0.5) is 17.1 Å². The first kappa shape index (κ1) is 9.78. The maximum absolute atomic E-state index is 5.89. The second-order valence-corrected chi connectivity index (χ2v) is 3.99. The van der Waals surface area contributed by atoms with E-state index >= 15 is 0 Å². The molecule has 0 amide bonds. The van der Waals surface area contributed by atoms with Gasteiger partial charge in [0.1, 0.15) is 0 Å². The van der Waals surface area contributed by atoms with Crippen LogP contribution < -0.4 is 11.1 Å². The molecule has 3 nitrogen and oxygen atoms in total. The van der Waals surface area contributed by atoms with Gasteiger partial charge in [0.15, 0.2) is 0 Å². The van der Waals surface area contributed by atoms with Crippen LogP contribution >= 0.6 is 0 Å². The molecule has 0 spiro atoms. The number of H-pyrrole nitrogens is 1. The molecule has 4 N–H and O–H groups in total. The third-order valence-electron chi connectivity index (χ3n) is 2.79. The van der Waals surface area contributed by atoms with Crippen LogP contribution in [-0.2, 0) is 0 Å². The molecule has 0 aliphatic carbocycles. The van der Waals surface area contributed by atoms with E-state index in [-0.39, 0.29) is 0 Å². The molecular weight excluding hydrogens is 210 g/mol. The predicted octanol–water partition coefficient (Wildman–Crippen LogP) is 3.49. The molecule has 84 valence electrons. The average Bonchev–Trinajstić information content (AvgIpc) is 2.79. The van der Waals surface area contributed by atoms with E-state index in [0.717, 1.165) is 22.6 Å². The summed E-state index contributed by atoms with van der Waals surface area (Å²) in [5.74, 6) is 0. The molecule has 0 saturated heterocycles. The highest BCUT2D eigenvalue weighted by Gasteiger charge is 2.00. The average molecular weight is 223 g/mol. The molecule has 3 aromatic rings. The molecule has 17 heavy (non-hydrogen) atoms. The number of anilines is 3. The first-order chi connectivity index (χ1) is 8.33. The zero-order valence-corrected chi connectivity index (χ0v) is 9.27. The monoisotopic (exact) mass is 223 g/mol. The minimum absolute atomic E-state index is 0.749. The van der Waals surface area contributed by atoms with E-state index in [4.69, 9.17) is 5.73 Å². The van der Waals surface area contributed by atoms with E-state index in [1.165, 1.54) is 5.39 Å². The third-order valence-corrected chi connectivity index (χ3v) is 2.79. The number of hydrogen-bond acceptors (Lipinski definition) is 2. The van der Waals surface area contributed by atoms with Crippen LogP contribution in [0.5, 0.6) is 0 Å². The summed E-state index contributed by atoms with van der Waals surface area (Å²) < 4.78 is 0. The molecule has 0 saturated carbocycles. The summed E-state index contributed by atoms with van der Waals surface area (Å²) in [7, 11) is 0. The molecular formula is C14H13N3. The lowest BCUT2D eigenvalue weighted by atomic mass is 10.2. The van der Waals surface area contributed by atoms with Crippen molar-refractivity contribution < 1.29 is 0 Å². The topological polar surface area (TPSA) is 53.8 Å². The van der Waals surface area contributed by atoms with E-state index in [1.54, 1.807) is 0 Å². The Hall–Kier alpha value is -2.42. The van der Waals surface area contributed by atoms with Crippen LogP contribution in [0.2, 0.25) is 0 Å². The molecule has 0 bridgehead atoms. The van der Waals surface area contributed by atoms with Crippen molar-refractivity contribution in [3.63, 3.8) is 0 Å². The molecule has 0 unspecified atom stereocenters. The van der Waals surface area contributed by atoms with Crippen LogP contribution in [0.3, 0.4) is 0 Å². The number of aromatic amines is 1. The Bertz CT molecular complexity index is 655. The lowest BCUT2D eigenvalue weighted by molar-refractivity contribution is 1.47. The largest absolute Gasteiger partial charge is 0.397 e. The fraction of sp³-hybridized carbons (Fsp3) is 0. The summed E-state index contributed by atoms with van der Waals surface area (Å²) in [5, 5.41) is 4.51. The Balaban J connectivity index is 1.97. The molecule has 3 heteroatoms. The normalized spacial score (nSPS) is 10.6. The lowest BCUT2D eigenvalue weighted by Gasteiger charge is -2.08. The number of nitrogen functional groups attached to an aromatic ring is 1. The van der Waals surface area contributed by atoms with Gasteiger partial charge in [0.2, 0.25) is 0 Å². The molecule has 0 radical (unpaired) electrons.